The average molecular weight is 264 g/mol. The number of benzene rings is 2. The molecule has 0 saturated heterocycles. The minimum Gasteiger partial charge on any atom is -0.503 e. The number of carbonyl (C=O) groups is 1. The van der Waals surface area contributed by atoms with Gasteiger partial charge in [-0.25, -0.2) is 0 Å². The van der Waals surface area contributed by atoms with Crippen molar-refractivity contribution >= 4 is 16.7 Å². The summed E-state index contributed by atoms with van der Waals surface area (Å²) in [6, 6.07) is 18.5. The van der Waals surface area contributed by atoms with E-state index in [0.717, 1.165) is 10.9 Å². The van der Waals surface area contributed by atoms with Gasteiger partial charge in [0.05, 0.1) is 5.39 Å². The van der Waals surface area contributed by atoms with Crippen LogP contribution in [0.4, 0.5) is 0 Å². The molecule has 1 heterocycles. The molecule has 0 radical (unpaired) electrons. The summed E-state index contributed by atoms with van der Waals surface area (Å²) in [6.45, 7) is 0.207. The van der Waals surface area contributed by atoms with Gasteiger partial charge in [-0.1, -0.05) is 42.5 Å². The third-order valence-electron chi connectivity index (χ3n) is 3.25. The fraction of sp³-hybridized carbons (Fsp3) is 0.0588. The van der Waals surface area contributed by atoms with Crippen LogP contribution in [0.5, 0.6) is 5.75 Å². The maximum absolute atomic E-state index is 12.3. The van der Waals surface area contributed by atoms with Crippen LogP contribution in [-0.2, 0) is 6.54 Å². The van der Waals surface area contributed by atoms with Gasteiger partial charge >= 0.3 is 0 Å². The van der Waals surface area contributed by atoms with Gasteiger partial charge in [-0.05, 0) is 12.1 Å². The maximum Gasteiger partial charge on any atom is 0.227 e. The molecule has 0 aliphatic rings. The van der Waals surface area contributed by atoms with Crippen LogP contribution < -0.4 is 4.57 Å². The molecule has 0 amide bonds. The van der Waals surface area contributed by atoms with E-state index in [0.29, 0.717) is 5.56 Å². The van der Waals surface area contributed by atoms with Gasteiger partial charge in [0.2, 0.25) is 24.0 Å². The van der Waals surface area contributed by atoms with Gasteiger partial charge < -0.3 is 5.11 Å². The first-order valence-corrected chi connectivity index (χ1v) is 6.43. The molecule has 20 heavy (non-hydrogen) atoms. The average Bonchev–Trinajstić information content (AvgIpc) is 2.48. The molecule has 3 heteroatoms. The Morgan fingerprint density at radius 2 is 1.70 bits per heavy atom. The Bertz CT molecular complexity index is 766. The van der Waals surface area contributed by atoms with Gasteiger partial charge in [-0.3, -0.25) is 4.79 Å². The zero-order valence-corrected chi connectivity index (χ0v) is 10.9. The van der Waals surface area contributed by atoms with Gasteiger partial charge in [-0.15, -0.1) is 0 Å². The lowest BCUT2D eigenvalue weighted by Crippen LogP contribution is -2.38. The topological polar surface area (TPSA) is 41.2 Å². The van der Waals surface area contributed by atoms with E-state index in [1.165, 1.54) is 0 Å². The molecule has 0 atom stereocenters. The largest absolute Gasteiger partial charge is 0.503 e. The Labute approximate surface area is 116 Å². The number of rotatable bonds is 3. The highest BCUT2D eigenvalue weighted by Crippen LogP contribution is 2.15. The molecule has 0 aliphatic carbocycles. The van der Waals surface area contributed by atoms with E-state index in [2.05, 4.69) is 0 Å². The summed E-state index contributed by atoms with van der Waals surface area (Å²) in [5.41, 5.74) is 1.60. The highest BCUT2D eigenvalue weighted by atomic mass is 16.3. The fourth-order valence-corrected chi connectivity index (χ4v) is 2.30. The Kier molecular flexibility index (Phi) is 3.17. The second-order valence-corrected chi connectivity index (χ2v) is 4.67. The number of fused-ring (bicyclic) bond motifs is 1. The van der Waals surface area contributed by atoms with E-state index in [1.807, 2.05) is 42.5 Å². The highest BCUT2D eigenvalue weighted by Gasteiger charge is 2.16. The molecule has 1 N–H and O–H groups in total. The van der Waals surface area contributed by atoms with Crippen LogP contribution in [-0.4, -0.2) is 10.9 Å². The lowest BCUT2D eigenvalue weighted by Gasteiger charge is -2.02. The standard InChI is InChI=1S/C17H13NO2/c19-15-10-14-8-4-5-9-16(14)18(11-15)12-17(20)13-6-2-1-3-7-13/h1-11H,12H2/p+1. The van der Waals surface area contributed by atoms with Crippen LogP contribution in [0.1, 0.15) is 10.4 Å². The monoisotopic (exact) mass is 264 g/mol. The van der Waals surface area contributed by atoms with Crippen molar-refractivity contribution in [1.29, 1.82) is 0 Å². The predicted octanol–water partition coefficient (Wildman–Crippen LogP) is 2.72. The van der Waals surface area contributed by atoms with Gasteiger partial charge in [0.15, 0.2) is 5.75 Å². The fourth-order valence-electron chi connectivity index (χ4n) is 2.30. The number of Topliss-reactive ketones (excluding diaryl/α,β-unsaturated/α-hetero) is 1. The number of nitrogens with zero attached hydrogens (tertiary/aromatic N) is 1. The van der Waals surface area contributed by atoms with Gasteiger partial charge in [0.1, 0.15) is 0 Å². The Morgan fingerprint density at radius 3 is 2.50 bits per heavy atom. The van der Waals surface area contributed by atoms with E-state index >= 15 is 0 Å². The van der Waals surface area contributed by atoms with E-state index in [1.54, 1.807) is 29.0 Å². The number of carbonyl (C=O) groups excluding carboxylic acids is 1. The molecule has 0 bridgehead atoms. The number of aromatic hydroxyl groups is 1. The van der Waals surface area contributed by atoms with E-state index < -0.39 is 0 Å². The van der Waals surface area contributed by atoms with Gasteiger partial charge in [0.25, 0.3) is 0 Å². The molecule has 3 rings (SSSR count). The predicted molar refractivity (Wildman–Crippen MR) is 76.6 cm³/mol. The second kappa shape index (κ2) is 5.13. The highest BCUT2D eigenvalue weighted by molar-refractivity contribution is 5.95. The minimum atomic E-state index is 0.0198. The van der Waals surface area contributed by atoms with E-state index in [9.17, 15) is 9.90 Å². The number of hydrogen-bond donors (Lipinski definition) is 1. The molecule has 1 aromatic heterocycles. The number of hydrogen-bond acceptors (Lipinski definition) is 2. The van der Waals surface area contributed by atoms with E-state index in [-0.39, 0.29) is 18.1 Å². The van der Waals surface area contributed by atoms with Crippen LogP contribution in [0.3, 0.4) is 0 Å². The van der Waals surface area contributed by atoms with Crippen LogP contribution >= 0.6 is 0 Å². The number of ketones is 1. The van der Waals surface area contributed by atoms with Crippen LogP contribution in [0, 0.1) is 0 Å². The van der Waals surface area contributed by atoms with Crippen molar-refractivity contribution in [3.05, 3.63) is 72.4 Å². The second-order valence-electron chi connectivity index (χ2n) is 4.67. The smallest absolute Gasteiger partial charge is 0.227 e. The summed E-state index contributed by atoms with van der Waals surface area (Å²) in [6.07, 6.45) is 1.59. The number of aromatic nitrogens is 1. The first-order chi connectivity index (χ1) is 9.74. The summed E-state index contributed by atoms with van der Waals surface area (Å²) in [4.78, 5) is 12.3. The summed E-state index contributed by atoms with van der Waals surface area (Å²) in [5, 5.41) is 10.7. The minimum absolute atomic E-state index is 0.0198. The summed E-state index contributed by atoms with van der Waals surface area (Å²) >= 11 is 0. The van der Waals surface area contributed by atoms with Gasteiger partial charge in [-0.2, -0.15) is 4.57 Å². The molecule has 0 unspecified atom stereocenters. The zero-order valence-electron chi connectivity index (χ0n) is 10.9. The van der Waals surface area contributed by atoms with Crippen molar-refractivity contribution in [3.8, 4) is 5.75 Å². The molecule has 0 fully saturated rings. The Balaban J connectivity index is 2.01. The number of pyridine rings is 1. The van der Waals surface area contributed by atoms with Crippen LogP contribution in [0.2, 0.25) is 0 Å². The molecule has 2 aromatic carbocycles. The third-order valence-corrected chi connectivity index (χ3v) is 3.25. The Morgan fingerprint density at radius 1 is 1.00 bits per heavy atom. The van der Waals surface area contributed by atoms with Crippen molar-refractivity contribution in [2.75, 3.05) is 0 Å². The summed E-state index contributed by atoms with van der Waals surface area (Å²) < 4.78 is 1.78. The zero-order chi connectivity index (χ0) is 13.9. The lowest BCUT2D eigenvalue weighted by atomic mass is 10.1. The van der Waals surface area contributed by atoms with Crippen molar-refractivity contribution < 1.29 is 14.5 Å². The molecule has 0 aliphatic heterocycles. The van der Waals surface area contributed by atoms with Gasteiger partial charge in [0, 0.05) is 11.6 Å². The SMILES string of the molecule is O=C(C[n+]1cc(O)cc2ccccc21)c1ccccc1. The normalized spacial score (nSPS) is 10.6. The molecule has 0 spiro atoms. The lowest BCUT2D eigenvalue weighted by molar-refractivity contribution is -0.657. The van der Waals surface area contributed by atoms with Crippen LogP contribution in [0.15, 0.2) is 66.9 Å². The molecular formula is C17H14NO2+. The maximum atomic E-state index is 12.3. The van der Waals surface area contributed by atoms with Crippen molar-refractivity contribution in [2.45, 2.75) is 6.54 Å². The summed E-state index contributed by atoms with van der Waals surface area (Å²) in [5.74, 6) is 0.177. The molecule has 3 aromatic rings. The van der Waals surface area contributed by atoms with Crippen molar-refractivity contribution in [1.82, 2.24) is 0 Å². The molecule has 3 nitrogen and oxygen atoms in total. The van der Waals surface area contributed by atoms with Crippen molar-refractivity contribution in [2.24, 2.45) is 0 Å². The molecule has 0 saturated carbocycles. The van der Waals surface area contributed by atoms with Crippen molar-refractivity contribution in [3.63, 3.8) is 0 Å². The Hall–Kier alpha value is -2.68. The first kappa shape index (κ1) is 12.4. The quantitative estimate of drug-likeness (QED) is 0.583. The molecule has 98 valence electrons. The van der Waals surface area contributed by atoms with E-state index in [4.69, 9.17) is 0 Å². The first-order valence-electron chi connectivity index (χ1n) is 6.43. The molecular weight excluding hydrogens is 250 g/mol. The summed E-state index contributed by atoms with van der Waals surface area (Å²) in [7, 11) is 0. The van der Waals surface area contributed by atoms with Crippen LogP contribution in [0.25, 0.3) is 10.9 Å². The number of para-hydroxylation sites is 1. The third kappa shape index (κ3) is 2.38.